The number of halogens is 1. The van der Waals surface area contributed by atoms with E-state index in [2.05, 4.69) is 5.32 Å². The Morgan fingerprint density at radius 1 is 1.47 bits per heavy atom. The van der Waals surface area contributed by atoms with Gasteiger partial charge in [-0.25, -0.2) is 4.39 Å². The average molecular weight is 266 g/mol. The summed E-state index contributed by atoms with van der Waals surface area (Å²) >= 11 is 0. The number of aliphatic hydroxyl groups is 1. The zero-order valence-electron chi connectivity index (χ0n) is 11.9. The summed E-state index contributed by atoms with van der Waals surface area (Å²) in [6.07, 6.45) is 1.67. The van der Waals surface area contributed by atoms with Gasteiger partial charge in [0.05, 0.1) is 5.60 Å². The zero-order chi connectivity index (χ0) is 14.0. The molecule has 2 N–H and O–H groups in total. The molecule has 3 nitrogen and oxygen atoms in total. The highest BCUT2D eigenvalue weighted by atomic mass is 19.1. The molecule has 1 aromatic carbocycles. The molecule has 0 aliphatic heterocycles. The molecule has 0 saturated heterocycles. The van der Waals surface area contributed by atoms with Gasteiger partial charge < -0.3 is 15.3 Å². The van der Waals surface area contributed by atoms with Crippen LogP contribution < -0.4 is 5.32 Å². The first-order valence-electron chi connectivity index (χ1n) is 6.77. The first-order valence-corrected chi connectivity index (χ1v) is 6.77. The minimum Gasteiger partial charge on any atom is -0.388 e. The molecule has 2 atom stereocenters. The van der Waals surface area contributed by atoms with E-state index in [1.54, 1.807) is 6.07 Å². The van der Waals surface area contributed by atoms with Crippen molar-refractivity contribution in [2.24, 2.45) is 0 Å². The minimum absolute atomic E-state index is 0.109. The molecule has 1 aromatic rings. The summed E-state index contributed by atoms with van der Waals surface area (Å²) in [5.41, 5.74) is 1.09. The Balaban J connectivity index is 1.98. The van der Waals surface area contributed by atoms with Crippen LogP contribution in [0.15, 0.2) is 18.2 Å². The Bertz CT molecular complexity index is 446. The number of hydrogen-bond acceptors (Lipinski definition) is 3. The van der Waals surface area contributed by atoms with Crippen molar-refractivity contribution in [3.8, 4) is 0 Å². The van der Waals surface area contributed by atoms with Crippen molar-refractivity contribution in [2.45, 2.75) is 31.4 Å². The Morgan fingerprint density at radius 2 is 2.21 bits per heavy atom. The van der Waals surface area contributed by atoms with E-state index in [-0.39, 0.29) is 11.9 Å². The van der Waals surface area contributed by atoms with Crippen LogP contribution in [0.4, 0.5) is 4.39 Å². The number of nitrogens with one attached hydrogen (secondary N) is 1. The number of nitrogens with zero attached hydrogens (tertiary/aromatic N) is 1. The SMILES string of the molecule is CN(C)CC(C)(O)CNC1CCc2c(F)cccc21. The van der Waals surface area contributed by atoms with Crippen LogP contribution in [-0.4, -0.2) is 42.8 Å². The third-order valence-electron chi connectivity index (χ3n) is 3.60. The second-order valence-electron chi connectivity index (χ2n) is 6.01. The Kier molecular flexibility index (Phi) is 4.23. The van der Waals surface area contributed by atoms with Gasteiger partial charge in [-0.15, -0.1) is 0 Å². The van der Waals surface area contributed by atoms with Crippen LogP contribution in [0.3, 0.4) is 0 Å². The van der Waals surface area contributed by atoms with Crippen molar-refractivity contribution in [3.63, 3.8) is 0 Å². The lowest BCUT2D eigenvalue weighted by Gasteiger charge is -2.29. The molecule has 1 aliphatic rings. The van der Waals surface area contributed by atoms with Gasteiger partial charge in [0, 0.05) is 19.1 Å². The van der Waals surface area contributed by atoms with Crippen LogP contribution in [0.2, 0.25) is 0 Å². The minimum atomic E-state index is -0.778. The lowest BCUT2D eigenvalue weighted by molar-refractivity contribution is 0.0313. The summed E-state index contributed by atoms with van der Waals surface area (Å²) in [6.45, 7) is 2.93. The molecule has 0 saturated carbocycles. The van der Waals surface area contributed by atoms with Gasteiger partial charge in [-0.05, 0) is 51.1 Å². The topological polar surface area (TPSA) is 35.5 Å². The Hall–Kier alpha value is -0.970. The van der Waals surface area contributed by atoms with Crippen molar-refractivity contribution in [1.82, 2.24) is 10.2 Å². The molecule has 0 heterocycles. The highest BCUT2D eigenvalue weighted by Gasteiger charge is 2.28. The van der Waals surface area contributed by atoms with E-state index < -0.39 is 5.60 Å². The molecular weight excluding hydrogens is 243 g/mol. The second-order valence-corrected chi connectivity index (χ2v) is 6.01. The number of likely N-dealkylation sites (N-methyl/N-ethyl adjacent to an activating group) is 1. The van der Waals surface area contributed by atoms with Crippen LogP contribution in [0.5, 0.6) is 0 Å². The van der Waals surface area contributed by atoms with Gasteiger partial charge in [0.25, 0.3) is 0 Å². The molecule has 19 heavy (non-hydrogen) atoms. The summed E-state index contributed by atoms with van der Waals surface area (Å²) < 4.78 is 13.6. The Labute approximate surface area is 114 Å². The van der Waals surface area contributed by atoms with E-state index in [1.807, 2.05) is 32.0 Å². The van der Waals surface area contributed by atoms with E-state index in [0.717, 1.165) is 24.0 Å². The van der Waals surface area contributed by atoms with E-state index in [1.165, 1.54) is 6.07 Å². The number of hydrogen-bond donors (Lipinski definition) is 2. The summed E-state index contributed by atoms with van der Waals surface area (Å²) in [7, 11) is 3.88. The number of fused-ring (bicyclic) bond motifs is 1. The summed E-state index contributed by atoms with van der Waals surface area (Å²) in [6, 6.07) is 5.40. The molecule has 4 heteroatoms. The van der Waals surface area contributed by atoms with Crippen molar-refractivity contribution in [2.75, 3.05) is 27.2 Å². The Morgan fingerprint density at radius 3 is 2.89 bits per heavy atom. The van der Waals surface area contributed by atoms with Crippen LogP contribution >= 0.6 is 0 Å². The fourth-order valence-electron chi connectivity index (χ4n) is 2.90. The van der Waals surface area contributed by atoms with Gasteiger partial charge >= 0.3 is 0 Å². The predicted octanol–water partition coefficient (Wildman–Crippen LogP) is 1.72. The molecule has 2 unspecified atom stereocenters. The van der Waals surface area contributed by atoms with Crippen molar-refractivity contribution >= 4 is 0 Å². The largest absolute Gasteiger partial charge is 0.388 e. The standard InChI is InChI=1S/C15H23FN2O/c1-15(19,10-18(2)3)9-17-14-8-7-11-12(14)5-4-6-13(11)16/h4-6,14,17,19H,7-10H2,1-3H3. The molecule has 2 rings (SSSR count). The van der Waals surface area contributed by atoms with Gasteiger partial charge in [0.1, 0.15) is 5.82 Å². The fourth-order valence-corrected chi connectivity index (χ4v) is 2.90. The van der Waals surface area contributed by atoms with Gasteiger partial charge in [-0.2, -0.15) is 0 Å². The summed E-state index contributed by atoms with van der Waals surface area (Å²) in [4.78, 5) is 1.96. The molecule has 0 aromatic heterocycles. The predicted molar refractivity (Wildman–Crippen MR) is 74.6 cm³/mol. The second kappa shape index (κ2) is 5.57. The fraction of sp³-hybridized carbons (Fsp3) is 0.600. The highest BCUT2D eigenvalue weighted by Crippen LogP contribution is 2.32. The lowest BCUT2D eigenvalue weighted by atomic mass is 10.0. The van der Waals surface area contributed by atoms with E-state index in [4.69, 9.17) is 0 Å². The van der Waals surface area contributed by atoms with Crippen LogP contribution in [0, 0.1) is 5.82 Å². The number of rotatable bonds is 5. The molecule has 0 amide bonds. The first-order chi connectivity index (χ1) is 8.89. The summed E-state index contributed by atoms with van der Waals surface area (Å²) in [5, 5.41) is 13.6. The molecule has 1 aliphatic carbocycles. The maximum Gasteiger partial charge on any atom is 0.126 e. The first kappa shape index (κ1) is 14.4. The number of benzene rings is 1. The van der Waals surface area contributed by atoms with E-state index in [0.29, 0.717) is 13.1 Å². The van der Waals surface area contributed by atoms with Gasteiger partial charge in [0.15, 0.2) is 0 Å². The van der Waals surface area contributed by atoms with Gasteiger partial charge in [-0.3, -0.25) is 0 Å². The molecule has 0 fully saturated rings. The van der Waals surface area contributed by atoms with Crippen LogP contribution in [-0.2, 0) is 6.42 Å². The van der Waals surface area contributed by atoms with Gasteiger partial charge in [0.2, 0.25) is 0 Å². The zero-order valence-corrected chi connectivity index (χ0v) is 11.9. The lowest BCUT2D eigenvalue weighted by Crippen LogP contribution is -2.46. The maximum atomic E-state index is 13.6. The third-order valence-corrected chi connectivity index (χ3v) is 3.60. The smallest absolute Gasteiger partial charge is 0.126 e. The summed E-state index contributed by atoms with van der Waals surface area (Å²) in [5.74, 6) is -0.109. The third kappa shape index (κ3) is 3.53. The molecule has 106 valence electrons. The highest BCUT2D eigenvalue weighted by molar-refractivity contribution is 5.35. The normalized spacial score (nSPS) is 21.5. The monoisotopic (exact) mass is 266 g/mol. The van der Waals surface area contributed by atoms with Crippen LogP contribution in [0.1, 0.15) is 30.5 Å². The van der Waals surface area contributed by atoms with Crippen molar-refractivity contribution in [1.29, 1.82) is 0 Å². The quantitative estimate of drug-likeness (QED) is 0.852. The molecule has 0 bridgehead atoms. The van der Waals surface area contributed by atoms with Crippen LogP contribution in [0.25, 0.3) is 0 Å². The van der Waals surface area contributed by atoms with E-state index >= 15 is 0 Å². The average Bonchev–Trinajstić information content (AvgIpc) is 2.69. The molecular formula is C15H23FN2O. The molecule has 0 radical (unpaired) electrons. The maximum absolute atomic E-state index is 13.6. The van der Waals surface area contributed by atoms with E-state index in [9.17, 15) is 9.50 Å². The van der Waals surface area contributed by atoms with Crippen molar-refractivity contribution in [3.05, 3.63) is 35.1 Å². The van der Waals surface area contributed by atoms with Gasteiger partial charge in [-0.1, -0.05) is 12.1 Å². The van der Waals surface area contributed by atoms with Crippen molar-refractivity contribution < 1.29 is 9.50 Å². The molecule has 0 spiro atoms.